The molecule has 0 spiro atoms. The van der Waals surface area contributed by atoms with Gasteiger partial charge in [0.25, 0.3) is 5.91 Å². The van der Waals surface area contributed by atoms with Crippen LogP contribution in [0.25, 0.3) is 10.9 Å². The number of hydrogen-bond acceptors (Lipinski definition) is 3. The molecule has 6 nitrogen and oxygen atoms in total. The number of nitrogens with zero attached hydrogens (tertiary/aromatic N) is 3. The molecular formula is C29H37N3O3. The lowest BCUT2D eigenvalue weighted by molar-refractivity contribution is -0.135. The van der Waals surface area contributed by atoms with Gasteiger partial charge < -0.3 is 19.1 Å². The Morgan fingerprint density at radius 2 is 1.77 bits per heavy atom. The first kappa shape index (κ1) is 24.8. The van der Waals surface area contributed by atoms with E-state index in [2.05, 4.69) is 32.0 Å². The molecule has 0 saturated carbocycles. The van der Waals surface area contributed by atoms with Crippen LogP contribution in [0.4, 0.5) is 0 Å². The number of rotatable bonds is 5. The molecule has 0 saturated heterocycles. The van der Waals surface area contributed by atoms with E-state index < -0.39 is 0 Å². The number of carbonyl (C=O) groups excluding carboxylic acids is 2. The van der Waals surface area contributed by atoms with Crippen molar-refractivity contribution in [3.8, 4) is 5.75 Å². The van der Waals surface area contributed by atoms with Crippen LogP contribution in [-0.2, 0) is 11.3 Å². The first-order chi connectivity index (χ1) is 17.0. The fourth-order valence-corrected chi connectivity index (χ4v) is 4.97. The summed E-state index contributed by atoms with van der Waals surface area (Å²) in [5.41, 5.74) is 1.66. The molecule has 186 valence electrons. The lowest BCUT2D eigenvalue weighted by atomic mass is 10.0. The van der Waals surface area contributed by atoms with Crippen molar-refractivity contribution < 1.29 is 14.3 Å². The maximum absolute atomic E-state index is 13.7. The monoisotopic (exact) mass is 475 g/mol. The number of amides is 2. The summed E-state index contributed by atoms with van der Waals surface area (Å²) >= 11 is 0. The number of benzene rings is 2. The van der Waals surface area contributed by atoms with Crippen molar-refractivity contribution in [1.29, 1.82) is 0 Å². The van der Waals surface area contributed by atoms with Gasteiger partial charge in [-0.2, -0.15) is 0 Å². The largest absolute Gasteiger partial charge is 0.491 e. The second-order valence-electron chi connectivity index (χ2n) is 9.77. The van der Waals surface area contributed by atoms with Crippen LogP contribution < -0.4 is 4.74 Å². The third kappa shape index (κ3) is 5.87. The van der Waals surface area contributed by atoms with E-state index in [0.717, 1.165) is 30.2 Å². The molecule has 0 unspecified atom stereocenters. The van der Waals surface area contributed by atoms with Crippen LogP contribution in [0, 0.1) is 5.92 Å². The highest BCUT2D eigenvalue weighted by molar-refractivity contribution is 5.97. The fourth-order valence-electron chi connectivity index (χ4n) is 4.97. The van der Waals surface area contributed by atoms with Crippen LogP contribution in [0.15, 0.2) is 60.8 Å². The number of hydrogen-bond donors (Lipinski definition) is 0. The molecule has 2 amide bonds. The molecule has 35 heavy (non-hydrogen) atoms. The van der Waals surface area contributed by atoms with E-state index in [1.807, 2.05) is 63.9 Å². The van der Waals surface area contributed by atoms with Gasteiger partial charge in [-0.05, 0) is 61.8 Å². The van der Waals surface area contributed by atoms with Crippen LogP contribution in [0.5, 0.6) is 5.75 Å². The van der Waals surface area contributed by atoms with Gasteiger partial charge >= 0.3 is 0 Å². The highest BCUT2D eigenvalue weighted by Crippen LogP contribution is 2.24. The van der Waals surface area contributed by atoms with Crippen LogP contribution in [-0.4, -0.2) is 58.5 Å². The maximum atomic E-state index is 13.7. The Balaban J connectivity index is 1.62. The molecule has 2 aromatic carbocycles. The molecule has 4 rings (SSSR count). The minimum Gasteiger partial charge on any atom is -0.491 e. The maximum Gasteiger partial charge on any atom is 0.257 e. The normalized spacial score (nSPS) is 17.6. The first-order valence-corrected chi connectivity index (χ1v) is 12.8. The van der Waals surface area contributed by atoms with Gasteiger partial charge in [0, 0.05) is 31.3 Å². The third-order valence-corrected chi connectivity index (χ3v) is 6.79. The Labute approximate surface area is 208 Å². The highest BCUT2D eigenvalue weighted by Gasteiger charge is 2.27. The summed E-state index contributed by atoms with van der Waals surface area (Å²) in [6, 6.07) is 17.6. The summed E-state index contributed by atoms with van der Waals surface area (Å²) in [6.45, 7) is 9.00. The predicted molar refractivity (Wildman–Crippen MR) is 140 cm³/mol. The summed E-state index contributed by atoms with van der Waals surface area (Å²) in [7, 11) is 0. The van der Waals surface area contributed by atoms with Crippen molar-refractivity contribution in [3.05, 3.63) is 66.4 Å². The Morgan fingerprint density at radius 3 is 2.57 bits per heavy atom. The Morgan fingerprint density at radius 1 is 1.03 bits per heavy atom. The van der Waals surface area contributed by atoms with Crippen molar-refractivity contribution in [3.63, 3.8) is 0 Å². The van der Waals surface area contributed by atoms with Gasteiger partial charge in [0.05, 0.1) is 11.6 Å². The minimum atomic E-state index is -0.0609. The number of aromatic nitrogens is 1. The predicted octanol–water partition coefficient (Wildman–Crippen LogP) is 5.22. The summed E-state index contributed by atoms with van der Waals surface area (Å²) in [5.74, 6) is 1.12. The lowest BCUT2D eigenvalue weighted by Gasteiger charge is -2.34. The van der Waals surface area contributed by atoms with E-state index in [1.54, 1.807) is 0 Å². The van der Waals surface area contributed by atoms with E-state index in [-0.39, 0.29) is 17.9 Å². The molecule has 2 heterocycles. The van der Waals surface area contributed by atoms with Gasteiger partial charge in [0.15, 0.2) is 0 Å². The van der Waals surface area contributed by atoms with E-state index in [0.29, 0.717) is 50.0 Å². The Bertz CT molecular complexity index is 1150. The van der Waals surface area contributed by atoms with Gasteiger partial charge in [-0.15, -0.1) is 0 Å². The third-order valence-electron chi connectivity index (χ3n) is 6.79. The first-order valence-electron chi connectivity index (χ1n) is 12.8. The number of carbonyl (C=O) groups is 2. The number of fused-ring (bicyclic) bond motifs is 2. The fraction of sp³-hybridized carbons (Fsp3) is 0.448. The molecular weight excluding hydrogens is 438 g/mol. The molecule has 1 atom stereocenters. The Hall–Kier alpha value is -3.28. The van der Waals surface area contributed by atoms with Crippen LogP contribution in [0.2, 0.25) is 0 Å². The lowest BCUT2D eigenvalue weighted by Crippen LogP contribution is -2.46. The van der Waals surface area contributed by atoms with Crippen LogP contribution in [0.3, 0.4) is 0 Å². The average molecular weight is 476 g/mol. The van der Waals surface area contributed by atoms with E-state index in [1.165, 1.54) is 0 Å². The van der Waals surface area contributed by atoms with E-state index >= 15 is 0 Å². The summed E-state index contributed by atoms with van der Waals surface area (Å²) < 4.78 is 8.31. The van der Waals surface area contributed by atoms with Crippen molar-refractivity contribution in [2.45, 2.75) is 52.6 Å². The zero-order valence-corrected chi connectivity index (χ0v) is 21.2. The standard InChI is InChI=1S/C29H37N3O3/c1-4-30-16-9-10-17-32(28(33)20-31-18-15-23-11-5-7-13-26(23)31)24(19-22(2)3)21-35-27-14-8-6-12-25(27)29(30)34/h5-8,11-15,18,22,24H,4,9-10,16-17,19-21H2,1-3H3/t24-/m0/s1. The van der Waals surface area contributed by atoms with Crippen LogP contribution >= 0.6 is 0 Å². The smallest absolute Gasteiger partial charge is 0.257 e. The summed E-state index contributed by atoms with van der Waals surface area (Å²) in [5, 5.41) is 1.14. The van der Waals surface area contributed by atoms with Gasteiger partial charge in [-0.25, -0.2) is 0 Å². The molecule has 0 radical (unpaired) electrons. The molecule has 0 fully saturated rings. The summed E-state index contributed by atoms with van der Waals surface area (Å²) in [6.07, 6.45) is 4.54. The topological polar surface area (TPSA) is 54.8 Å². The zero-order valence-electron chi connectivity index (χ0n) is 21.2. The SMILES string of the molecule is CCN1CCCCN(C(=O)Cn2ccc3ccccc32)[C@@H](CC(C)C)COc2ccccc2C1=O. The van der Waals surface area contributed by atoms with Gasteiger partial charge in [0.2, 0.25) is 5.91 Å². The van der Waals surface area contributed by atoms with Crippen molar-refractivity contribution in [2.75, 3.05) is 26.2 Å². The van der Waals surface area contributed by atoms with Gasteiger partial charge in [0.1, 0.15) is 18.9 Å². The van der Waals surface area contributed by atoms with Gasteiger partial charge in [-0.3, -0.25) is 9.59 Å². The zero-order chi connectivity index (χ0) is 24.8. The van der Waals surface area contributed by atoms with Crippen molar-refractivity contribution in [1.82, 2.24) is 14.4 Å². The van der Waals surface area contributed by atoms with Crippen molar-refractivity contribution in [2.24, 2.45) is 5.92 Å². The average Bonchev–Trinajstić information content (AvgIpc) is 3.26. The highest BCUT2D eigenvalue weighted by atomic mass is 16.5. The molecule has 0 bridgehead atoms. The van der Waals surface area contributed by atoms with E-state index in [4.69, 9.17) is 4.74 Å². The molecule has 3 aromatic rings. The van der Waals surface area contributed by atoms with Gasteiger partial charge in [-0.1, -0.05) is 44.2 Å². The molecule has 1 aliphatic rings. The Kier molecular flexibility index (Phi) is 8.11. The van der Waals surface area contributed by atoms with Crippen molar-refractivity contribution >= 4 is 22.7 Å². The molecule has 6 heteroatoms. The molecule has 0 aliphatic carbocycles. The molecule has 1 aromatic heterocycles. The molecule has 0 N–H and O–H groups in total. The van der Waals surface area contributed by atoms with Crippen LogP contribution in [0.1, 0.15) is 50.4 Å². The number of para-hydroxylation sites is 2. The quantitative estimate of drug-likeness (QED) is 0.508. The molecule has 1 aliphatic heterocycles. The second-order valence-corrected chi connectivity index (χ2v) is 9.77. The van der Waals surface area contributed by atoms with E-state index in [9.17, 15) is 9.59 Å². The summed E-state index contributed by atoms with van der Waals surface area (Å²) in [4.78, 5) is 30.8. The minimum absolute atomic E-state index is 0.0106. The second kappa shape index (κ2) is 11.4. The number of ether oxygens (including phenoxy) is 1.